The lowest BCUT2D eigenvalue weighted by Gasteiger charge is -2.25. The lowest BCUT2D eigenvalue weighted by atomic mass is 9.95. The zero-order valence-corrected chi connectivity index (χ0v) is 26.6. The third kappa shape index (κ3) is 6.79. The van der Waals surface area contributed by atoms with E-state index in [4.69, 9.17) is 23.7 Å². The minimum Gasteiger partial charge on any atom is -0.493 e. The van der Waals surface area contributed by atoms with Crippen LogP contribution in [0.2, 0.25) is 0 Å². The molecule has 0 saturated carbocycles. The van der Waals surface area contributed by atoms with Crippen molar-refractivity contribution in [2.75, 3.05) is 20.8 Å². The van der Waals surface area contributed by atoms with Crippen LogP contribution in [0.3, 0.4) is 0 Å². The zero-order valence-electron chi connectivity index (χ0n) is 25.8. The van der Waals surface area contributed by atoms with E-state index in [9.17, 15) is 14.4 Å². The van der Waals surface area contributed by atoms with Gasteiger partial charge >= 0.3 is 11.9 Å². The minimum atomic E-state index is -0.903. The maximum atomic E-state index is 14.1. The Morgan fingerprint density at radius 3 is 2.39 bits per heavy atom. The molecule has 5 rings (SSSR count). The van der Waals surface area contributed by atoms with E-state index in [-0.39, 0.29) is 29.2 Å². The van der Waals surface area contributed by atoms with Gasteiger partial charge in [-0.3, -0.25) is 14.2 Å². The van der Waals surface area contributed by atoms with E-state index in [0.29, 0.717) is 44.3 Å². The first kappa shape index (κ1) is 32.0. The Balaban J connectivity index is 1.58. The van der Waals surface area contributed by atoms with Crippen LogP contribution in [0, 0.1) is 0 Å². The number of carbonyl (C=O) groups excluding carboxylic acids is 2. The Morgan fingerprint density at radius 2 is 1.70 bits per heavy atom. The van der Waals surface area contributed by atoms with Crippen LogP contribution >= 0.6 is 11.3 Å². The van der Waals surface area contributed by atoms with Crippen LogP contribution in [0.1, 0.15) is 36.6 Å². The van der Waals surface area contributed by atoms with Gasteiger partial charge in [0.1, 0.15) is 13.2 Å². The van der Waals surface area contributed by atoms with Gasteiger partial charge in [0, 0.05) is 6.92 Å². The van der Waals surface area contributed by atoms with E-state index in [0.717, 1.165) is 5.56 Å². The molecule has 10 nitrogen and oxygen atoms in total. The fraction of sp³-hybridized carbons (Fsp3) is 0.200. The number of ether oxygens (including phenoxy) is 5. The second-order valence-corrected chi connectivity index (χ2v) is 11.2. The molecule has 0 spiro atoms. The van der Waals surface area contributed by atoms with Gasteiger partial charge in [-0.15, -0.1) is 0 Å². The quantitative estimate of drug-likeness (QED) is 0.134. The Hall–Kier alpha value is -5.42. The summed E-state index contributed by atoms with van der Waals surface area (Å²) < 4.78 is 29.6. The van der Waals surface area contributed by atoms with E-state index in [2.05, 4.69) is 11.6 Å². The van der Waals surface area contributed by atoms with Crippen molar-refractivity contribution in [3.8, 4) is 23.0 Å². The van der Waals surface area contributed by atoms with Crippen molar-refractivity contribution >= 4 is 29.4 Å². The smallest absolute Gasteiger partial charge is 0.338 e. The molecule has 0 N–H and O–H groups in total. The number of fused-ring (bicyclic) bond motifs is 1. The minimum absolute atomic E-state index is 0.0195. The lowest BCUT2D eigenvalue weighted by Crippen LogP contribution is -2.40. The molecule has 1 aliphatic heterocycles. The number of carbonyl (C=O) groups is 2. The predicted octanol–water partition coefficient (Wildman–Crippen LogP) is 4.49. The molecule has 1 aliphatic rings. The van der Waals surface area contributed by atoms with Crippen molar-refractivity contribution in [1.29, 1.82) is 0 Å². The molecule has 0 aliphatic carbocycles. The Bertz CT molecular complexity index is 2010. The van der Waals surface area contributed by atoms with Crippen LogP contribution in [-0.4, -0.2) is 37.3 Å². The summed E-state index contributed by atoms with van der Waals surface area (Å²) in [6.07, 6.45) is 3.20. The van der Waals surface area contributed by atoms with Gasteiger partial charge in [-0.2, -0.15) is 0 Å². The van der Waals surface area contributed by atoms with Gasteiger partial charge in [-0.05, 0) is 54.0 Å². The Labute approximate surface area is 269 Å². The van der Waals surface area contributed by atoms with Crippen molar-refractivity contribution in [2.24, 2.45) is 4.99 Å². The number of benzene rings is 3. The van der Waals surface area contributed by atoms with Gasteiger partial charge in [0.25, 0.3) is 5.56 Å². The average molecular weight is 641 g/mol. The highest BCUT2D eigenvalue weighted by atomic mass is 32.1. The van der Waals surface area contributed by atoms with Crippen LogP contribution in [0.4, 0.5) is 0 Å². The van der Waals surface area contributed by atoms with E-state index in [1.165, 1.54) is 36.0 Å². The van der Waals surface area contributed by atoms with E-state index < -0.39 is 18.0 Å². The number of methoxy groups -OCH3 is 2. The number of esters is 2. The normalized spacial score (nSPS) is 14.2. The Morgan fingerprint density at radius 1 is 0.978 bits per heavy atom. The molecule has 0 fully saturated rings. The second kappa shape index (κ2) is 14.1. The lowest BCUT2D eigenvalue weighted by molar-refractivity contribution is -0.138. The van der Waals surface area contributed by atoms with Crippen LogP contribution in [0.25, 0.3) is 6.08 Å². The summed E-state index contributed by atoms with van der Waals surface area (Å²) in [5.41, 5.74) is 2.48. The summed E-state index contributed by atoms with van der Waals surface area (Å²) in [7, 11) is 2.99. The third-order valence-corrected chi connectivity index (χ3v) is 8.04. The molecule has 4 aromatic rings. The monoisotopic (exact) mass is 640 g/mol. The van der Waals surface area contributed by atoms with Crippen molar-refractivity contribution in [1.82, 2.24) is 4.57 Å². The van der Waals surface area contributed by atoms with Crippen LogP contribution in [0.15, 0.2) is 100 Å². The largest absolute Gasteiger partial charge is 0.493 e. The summed E-state index contributed by atoms with van der Waals surface area (Å²) in [4.78, 5) is 44.1. The molecule has 0 bridgehead atoms. The fourth-order valence-electron chi connectivity index (χ4n) is 4.98. The summed E-state index contributed by atoms with van der Waals surface area (Å²) in [5.74, 6) is 0.376. The van der Waals surface area contributed by atoms with Gasteiger partial charge in [0.15, 0.2) is 27.8 Å². The molecule has 2 heterocycles. The molecular formula is C35H32N2O8S. The van der Waals surface area contributed by atoms with Gasteiger partial charge in [0.05, 0.1) is 36.1 Å². The van der Waals surface area contributed by atoms with Crippen molar-refractivity contribution in [2.45, 2.75) is 26.5 Å². The van der Waals surface area contributed by atoms with E-state index in [1.807, 2.05) is 36.4 Å². The highest BCUT2D eigenvalue weighted by Crippen LogP contribution is 2.36. The molecule has 3 aromatic carbocycles. The molecule has 236 valence electrons. The average Bonchev–Trinajstić information content (AvgIpc) is 3.36. The highest BCUT2D eigenvalue weighted by Gasteiger charge is 2.34. The zero-order chi connectivity index (χ0) is 32.8. The van der Waals surface area contributed by atoms with Crippen molar-refractivity contribution in [3.05, 3.63) is 127 Å². The number of rotatable bonds is 11. The van der Waals surface area contributed by atoms with Gasteiger partial charge < -0.3 is 23.7 Å². The number of allylic oxidation sites excluding steroid dienone is 1. The number of hydrogen-bond acceptors (Lipinski definition) is 10. The molecule has 11 heteroatoms. The van der Waals surface area contributed by atoms with Crippen molar-refractivity contribution < 1.29 is 33.3 Å². The first-order valence-electron chi connectivity index (χ1n) is 14.3. The Kier molecular flexibility index (Phi) is 9.82. The summed E-state index contributed by atoms with van der Waals surface area (Å²) in [5, 5.41) is 0. The topological polar surface area (TPSA) is 115 Å². The maximum absolute atomic E-state index is 14.1. The molecule has 46 heavy (non-hydrogen) atoms. The first-order chi connectivity index (χ1) is 22.2. The molecule has 1 aromatic heterocycles. The molecule has 1 unspecified atom stereocenters. The second-order valence-electron chi connectivity index (χ2n) is 10.2. The van der Waals surface area contributed by atoms with Crippen LogP contribution < -0.4 is 33.8 Å². The van der Waals surface area contributed by atoms with E-state index in [1.54, 1.807) is 50.4 Å². The van der Waals surface area contributed by atoms with Gasteiger partial charge in [0.2, 0.25) is 0 Å². The molecule has 1 atom stereocenters. The maximum Gasteiger partial charge on any atom is 0.338 e. The number of nitrogens with zero attached hydrogens (tertiary/aromatic N) is 2. The molecule has 0 amide bonds. The number of aromatic nitrogens is 1. The molecule has 0 radical (unpaired) electrons. The standard InChI is InChI=1S/C35H32N2O8S/c1-6-16-43-34(40)31-21(2)36-35-37(32(31)25-13-15-27(45-22(3)38)29(19-25)42-5)33(39)30(46-35)18-24-12-14-26(28(17-24)41-4)44-20-23-10-8-7-9-11-23/h6-15,17-19,32H,1,16,20H2,2-5H3. The van der Waals surface area contributed by atoms with Crippen LogP contribution in [-0.2, 0) is 20.9 Å². The number of hydrogen-bond donors (Lipinski definition) is 0. The first-order valence-corrected chi connectivity index (χ1v) is 15.1. The van der Waals surface area contributed by atoms with Crippen LogP contribution in [0.5, 0.6) is 23.0 Å². The van der Waals surface area contributed by atoms with Crippen molar-refractivity contribution in [3.63, 3.8) is 0 Å². The van der Waals surface area contributed by atoms with Gasteiger partial charge in [-0.1, -0.05) is 66.5 Å². The number of thiazole rings is 1. The molecular weight excluding hydrogens is 608 g/mol. The fourth-order valence-corrected chi connectivity index (χ4v) is 6.03. The summed E-state index contributed by atoms with van der Waals surface area (Å²) in [6, 6.07) is 19.2. The highest BCUT2D eigenvalue weighted by molar-refractivity contribution is 7.07. The third-order valence-electron chi connectivity index (χ3n) is 7.05. The molecule has 0 saturated heterocycles. The summed E-state index contributed by atoms with van der Waals surface area (Å²) >= 11 is 1.19. The van der Waals surface area contributed by atoms with Gasteiger partial charge in [-0.25, -0.2) is 9.79 Å². The summed E-state index contributed by atoms with van der Waals surface area (Å²) in [6.45, 7) is 6.95. The van der Waals surface area contributed by atoms with E-state index >= 15 is 0 Å². The predicted molar refractivity (Wildman–Crippen MR) is 173 cm³/mol. The SMILES string of the molecule is C=CCOC(=O)C1=C(C)N=c2sc(=Cc3ccc(OCc4ccccc4)c(OC)c3)c(=O)n2C1c1ccc(OC(C)=O)c(OC)c1.